The topological polar surface area (TPSA) is 78.8 Å². The number of ether oxygens (including phenoxy) is 1. The second-order valence-corrected chi connectivity index (χ2v) is 7.36. The number of nitrogens with one attached hydrogen (secondary N) is 2. The lowest BCUT2D eigenvalue weighted by molar-refractivity contribution is 0.127. The predicted octanol–water partition coefficient (Wildman–Crippen LogP) is 1.60. The van der Waals surface area contributed by atoms with Crippen molar-refractivity contribution in [3.05, 3.63) is 15.6 Å². The van der Waals surface area contributed by atoms with Crippen molar-refractivity contribution in [3.63, 3.8) is 0 Å². The maximum atomic E-state index is 9.30. The van der Waals surface area contributed by atoms with Gasteiger partial charge in [0.25, 0.3) is 0 Å². The third-order valence-corrected chi connectivity index (χ3v) is 5.31. The number of thiazole rings is 1. The van der Waals surface area contributed by atoms with Gasteiger partial charge in [-0.3, -0.25) is 0 Å². The maximum Gasteiger partial charge on any atom is 0.191 e. The Bertz CT molecular complexity index is 505. The molecule has 0 aromatic carbocycles. The molecule has 0 bridgehead atoms. The highest BCUT2D eigenvalue weighted by molar-refractivity contribution is 7.11. The molecular formula is C16H28N4O2S. The van der Waals surface area contributed by atoms with Crippen molar-refractivity contribution in [1.82, 2.24) is 15.6 Å². The van der Waals surface area contributed by atoms with E-state index in [0.29, 0.717) is 13.2 Å². The van der Waals surface area contributed by atoms with Crippen LogP contribution in [-0.4, -0.2) is 49.0 Å². The number of rotatable bonds is 7. The Morgan fingerprint density at radius 2 is 2.26 bits per heavy atom. The lowest BCUT2D eigenvalue weighted by Crippen LogP contribution is -2.44. The van der Waals surface area contributed by atoms with Crippen molar-refractivity contribution in [2.45, 2.75) is 40.2 Å². The molecule has 7 heteroatoms. The molecule has 1 aliphatic rings. The molecule has 130 valence electrons. The van der Waals surface area contributed by atoms with Crippen molar-refractivity contribution >= 4 is 17.3 Å². The number of aliphatic imine (C=N–C) groups is 1. The van der Waals surface area contributed by atoms with Gasteiger partial charge in [0.15, 0.2) is 5.96 Å². The van der Waals surface area contributed by atoms with Crippen molar-refractivity contribution < 1.29 is 9.84 Å². The molecule has 23 heavy (non-hydrogen) atoms. The number of aromatic nitrogens is 1. The first kappa shape index (κ1) is 18.2. The van der Waals surface area contributed by atoms with Gasteiger partial charge < -0.3 is 20.5 Å². The maximum absolute atomic E-state index is 9.30. The number of guanidine groups is 1. The van der Waals surface area contributed by atoms with Crippen molar-refractivity contribution in [2.75, 3.05) is 32.9 Å². The standard InChI is InChI=1S/C16H28N4O2S/c1-4-17-15(18-9-14-20-12(2)13(3)23-14)19-10-16(5-7-21)6-8-22-11-16/h21H,4-11H2,1-3H3,(H2,17,18,19). The fourth-order valence-electron chi connectivity index (χ4n) is 2.68. The van der Waals surface area contributed by atoms with Gasteiger partial charge in [-0.15, -0.1) is 11.3 Å². The van der Waals surface area contributed by atoms with E-state index in [1.165, 1.54) is 4.88 Å². The van der Waals surface area contributed by atoms with Gasteiger partial charge in [0.1, 0.15) is 5.01 Å². The van der Waals surface area contributed by atoms with Crippen LogP contribution in [0.25, 0.3) is 0 Å². The smallest absolute Gasteiger partial charge is 0.191 e. The number of hydrogen-bond donors (Lipinski definition) is 3. The molecule has 0 saturated carbocycles. The summed E-state index contributed by atoms with van der Waals surface area (Å²) < 4.78 is 5.53. The summed E-state index contributed by atoms with van der Waals surface area (Å²) in [6, 6.07) is 0. The molecule has 1 aromatic heterocycles. The van der Waals surface area contributed by atoms with Crippen molar-refractivity contribution in [1.29, 1.82) is 0 Å². The Hall–Kier alpha value is -1.18. The van der Waals surface area contributed by atoms with Crippen LogP contribution in [-0.2, 0) is 11.3 Å². The molecule has 1 unspecified atom stereocenters. The SMILES string of the molecule is CCNC(=NCc1nc(C)c(C)s1)NCC1(CCO)CCOC1. The van der Waals surface area contributed by atoms with Crippen LogP contribution in [0.3, 0.4) is 0 Å². The molecule has 1 aliphatic heterocycles. The minimum atomic E-state index is 0.0132. The van der Waals surface area contributed by atoms with Gasteiger partial charge in [-0.05, 0) is 33.6 Å². The third-order valence-electron chi connectivity index (χ3n) is 4.25. The molecule has 6 nitrogen and oxygen atoms in total. The molecule has 1 fully saturated rings. The molecule has 1 atom stereocenters. The highest BCUT2D eigenvalue weighted by Gasteiger charge is 2.34. The van der Waals surface area contributed by atoms with Gasteiger partial charge in [-0.2, -0.15) is 0 Å². The molecule has 0 radical (unpaired) electrons. The minimum Gasteiger partial charge on any atom is -0.396 e. The third kappa shape index (κ3) is 5.16. The lowest BCUT2D eigenvalue weighted by atomic mass is 9.84. The largest absolute Gasteiger partial charge is 0.396 e. The summed E-state index contributed by atoms with van der Waals surface area (Å²) in [4.78, 5) is 10.4. The van der Waals surface area contributed by atoms with Gasteiger partial charge >= 0.3 is 0 Å². The highest BCUT2D eigenvalue weighted by Crippen LogP contribution is 2.31. The van der Waals surface area contributed by atoms with Gasteiger partial charge in [0, 0.05) is 36.6 Å². The van der Waals surface area contributed by atoms with Crippen LogP contribution in [0.4, 0.5) is 0 Å². The molecule has 2 heterocycles. The second kappa shape index (κ2) is 8.61. The summed E-state index contributed by atoms with van der Waals surface area (Å²) in [5.74, 6) is 0.794. The van der Waals surface area contributed by atoms with Crippen LogP contribution < -0.4 is 10.6 Å². The van der Waals surface area contributed by atoms with E-state index in [4.69, 9.17) is 4.74 Å². The van der Waals surface area contributed by atoms with Crippen LogP contribution in [0.2, 0.25) is 0 Å². The van der Waals surface area contributed by atoms with Crippen molar-refractivity contribution in [2.24, 2.45) is 10.4 Å². The first-order valence-corrected chi connectivity index (χ1v) is 9.04. The van der Waals surface area contributed by atoms with Crippen LogP contribution in [0, 0.1) is 19.3 Å². The fraction of sp³-hybridized carbons (Fsp3) is 0.750. The number of nitrogens with zero attached hydrogens (tertiary/aromatic N) is 2. The summed E-state index contributed by atoms with van der Waals surface area (Å²) in [5.41, 5.74) is 1.10. The molecular weight excluding hydrogens is 312 g/mol. The zero-order valence-electron chi connectivity index (χ0n) is 14.3. The van der Waals surface area contributed by atoms with Gasteiger partial charge in [-0.25, -0.2) is 9.98 Å². The van der Waals surface area contributed by atoms with Crippen LogP contribution in [0.5, 0.6) is 0 Å². The minimum absolute atomic E-state index is 0.0132. The first-order chi connectivity index (χ1) is 11.1. The van der Waals surface area contributed by atoms with Crippen LogP contribution in [0.1, 0.15) is 35.3 Å². The summed E-state index contributed by atoms with van der Waals surface area (Å²) in [5, 5.41) is 17.0. The molecule has 0 aliphatic carbocycles. The summed E-state index contributed by atoms with van der Waals surface area (Å²) in [6.07, 6.45) is 1.73. The fourth-order valence-corrected chi connectivity index (χ4v) is 3.54. The van der Waals surface area contributed by atoms with Gasteiger partial charge in [0.2, 0.25) is 0 Å². The average molecular weight is 340 g/mol. The summed E-state index contributed by atoms with van der Waals surface area (Å²) in [7, 11) is 0. The first-order valence-electron chi connectivity index (χ1n) is 8.22. The lowest BCUT2D eigenvalue weighted by Gasteiger charge is -2.27. The Morgan fingerprint density at radius 3 is 2.83 bits per heavy atom. The van der Waals surface area contributed by atoms with E-state index in [1.807, 2.05) is 6.92 Å². The normalized spacial score (nSPS) is 21.7. The van der Waals surface area contributed by atoms with E-state index >= 15 is 0 Å². The molecule has 0 spiro atoms. The quantitative estimate of drug-likeness (QED) is 0.519. The summed E-state index contributed by atoms with van der Waals surface area (Å²) in [6.45, 7) is 9.98. The zero-order chi connectivity index (χ0) is 16.7. The molecule has 2 rings (SSSR count). The number of aryl methyl sites for hydroxylation is 2. The van der Waals surface area contributed by atoms with Crippen LogP contribution in [0.15, 0.2) is 4.99 Å². The van der Waals surface area contributed by atoms with E-state index in [2.05, 4.69) is 34.5 Å². The molecule has 3 N–H and O–H groups in total. The van der Waals surface area contributed by atoms with Gasteiger partial charge in [0.05, 0.1) is 18.8 Å². The Kier molecular flexibility index (Phi) is 6.80. The number of aliphatic hydroxyl groups excluding tert-OH is 1. The number of hydrogen-bond acceptors (Lipinski definition) is 5. The molecule has 1 aromatic rings. The zero-order valence-corrected chi connectivity index (χ0v) is 15.1. The molecule has 0 amide bonds. The van der Waals surface area contributed by atoms with E-state index in [9.17, 15) is 5.11 Å². The van der Waals surface area contributed by atoms with Crippen LogP contribution >= 0.6 is 11.3 Å². The Morgan fingerprint density at radius 1 is 1.43 bits per heavy atom. The van der Waals surface area contributed by atoms with E-state index in [1.54, 1.807) is 11.3 Å². The van der Waals surface area contributed by atoms with E-state index in [-0.39, 0.29) is 12.0 Å². The predicted molar refractivity (Wildman–Crippen MR) is 94.0 cm³/mol. The van der Waals surface area contributed by atoms with Gasteiger partial charge in [-0.1, -0.05) is 0 Å². The monoisotopic (exact) mass is 340 g/mol. The average Bonchev–Trinajstić information content (AvgIpc) is 3.11. The second-order valence-electron chi connectivity index (χ2n) is 6.07. The van der Waals surface area contributed by atoms with E-state index in [0.717, 1.165) is 49.2 Å². The Labute approximate surface area is 142 Å². The van der Waals surface area contributed by atoms with Crippen molar-refractivity contribution in [3.8, 4) is 0 Å². The highest BCUT2D eigenvalue weighted by atomic mass is 32.1. The summed E-state index contributed by atoms with van der Waals surface area (Å²) >= 11 is 1.70. The molecule has 1 saturated heterocycles. The van der Waals surface area contributed by atoms with E-state index < -0.39 is 0 Å². The Balaban J connectivity index is 1.95. The number of aliphatic hydroxyl groups is 1.